The number of rotatable bonds is 5. The Bertz CT molecular complexity index is 487. The van der Waals surface area contributed by atoms with E-state index in [1.807, 2.05) is 0 Å². The maximum atomic E-state index is 12.2. The van der Waals surface area contributed by atoms with Gasteiger partial charge in [-0.3, -0.25) is 4.79 Å². The Labute approximate surface area is 133 Å². The maximum Gasteiger partial charge on any atom is 0.251 e. The fourth-order valence-corrected chi connectivity index (χ4v) is 3.56. The van der Waals surface area contributed by atoms with E-state index in [4.69, 9.17) is 16.3 Å². The van der Waals surface area contributed by atoms with Crippen molar-refractivity contribution < 1.29 is 9.53 Å². The molecule has 1 aliphatic rings. The van der Waals surface area contributed by atoms with Crippen molar-refractivity contribution in [1.82, 2.24) is 5.32 Å². The van der Waals surface area contributed by atoms with Crippen LogP contribution in [0.3, 0.4) is 0 Å². The van der Waals surface area contributed by atoms with Crippen LogP contribution in [0.5, 0.6) is 5.75 Å². The number of carbonyl (C=O) groups excluding carboxylic acids is 1. The summed E-state index contributed by atoms with van der Waals surface area (Å²) in [6, 6.07) is 5.32. The molecular formula is C15H19BrClNO2. The van der Waals surface area contributed by atoms with Crippen molar-refractivity contribution in [3.63, 3.8) is 0 Å². The third-order valence-electron chi connectivity index (χ3n) is 3.99. The van der Waals surface area contributed by atoms with Gasteiger partial charge in [0.25, 0.3) is 5.91 Å². The summed E-state index contributed by atoms with van der Waals surface area (Å²) in [5, 5.41) is 3.01. The van der Waals surface area contributed by atoms with Crippen LogP contribution in [0.1, 0.15) is 36.0 Å². The summed E-state index contributed by atoms with van der Waals surface area (Å²) in [5.41, 5.74) is 0.710. The third-order valence-corrected chi connectivity index (χ3v) is 5.17. The van der Waals surface area contributed by atoms with E-state index in [0.29, 0.717) is 18.0 Å². The molecule has 1 fully saturated rings. The molecule has 1 aromatic carbocycles. The lowest BCUT2D eigenvalue weighted by Crippen LogP contribution is -2.37. The number of hydrogen-bond donors (Lipinski definition) is 1. The lowest BCUT2D eigenvalue weighted by atomic mass is 9.88. The van der Waals surface area contributed by atoms with Gasteiger partial charge in [0.1, 0.15) is 5.75 Å². The first kappa shape index (κ1) is 15.6. The van der Waals surface area contributed by atoms with E-state index in [1.54, 1.807) is 25.3 Å². The summed E-state index contributed by atoms with van der Waals surface area (Å²) in [4.78, 5) is 12.2. The summed E-state index contributed by atoms with van der Waals surface area (Å²) in [6.45, 7) is 0.652. The van der Waals surface area contributed by atoms with Crippen molar-refractivity contribution in [2.24, 2.45) is 5.41 Å². The molecule has 1 amide bonds. The van der Waals surface area contributed by atoms with E-state index < -0.39 is 0 Å². The third kappa shape index (κ3) is 3.47. The smallest absolute Gasteiger partial charge is 0.251 e. The SMILES string of the molecule is COc1ccc(C(=O)NCC2(CCl)CCCC2)cc1Br. The zero-order valence-electron chi connectivity index (χ0n) is 11.5. The summed E-state index contributed by atoms with van der Waals surface area (Å²) in [6.07, 6.45) is 4.61. The second-order valence-electron chi connectivity index (χ2n) is 5.37. The summed E-state index contributed by atoms with van der Waals surface area (Å²) in [5.74, 6) is 1.26. The first-order chi connectivity index (χ1) is 9.60. The Morgan fingerprint density at radius 1 is 1.45 bits per heavy atom. The average molecular weight is 361 g/mol. The van der Waals surface area contributed by atoms with Crippen molar-refractivity contribution in [2.45, 2.75) is 25.7 Å². The standard InChI is InChI=1S/C15H19BrClNO2/c1-20-13-5-4-11(8-12(13)16)14(19)18-10-15(9-17)6-2-3-7-15/h4-5,8H,2-3,6-7,9-10H2,1H3,(H,18,19). The molecule has 0 spiro atoms. The van der Waals surface area contributed by atoms with E-state index in [-0.39, 0.29) is 11.3 Å². The number of alkyl halides is 1. The molecule has 0 radical (unpaired) electrons. The van der Waals surface area contributed by atoms with Crippen molar-refractivity contribution in [1.29, 1.82) is 0 Å². The molecule has 1 saturated carbocycles. The number of ether oxygens (including phenoxy) is 1. The highest BCUT2D eigenvalue weighted by molar-refractivity contribution is 9.10. The van der Waals surface area contributed by atoms with E-state index in [0.717, 1.165) is 23.1 Å². The fourth-order valence-electron chi connectivity index (χ4n) is 2.66. The highest BCUT2D eigenvalue weighted by atomic mass is 79.9. The quantitative estimate of drug-likeness (QED) is 0.806. The highest BCUT2D eigenvalue weighted by Gasteiger charge is 2.33. The van der Waals surface area contributed by atoms with E-state index in [1.165, 1.54) is 12.8 Å². The normalized spacial score (nSPS) is 16.9. The Kier molecular flexibility index (Phi) is 5.33. The Morgan fingerprint density at radius 3 is 2.70 bits per heavy atom. The molecule has 20 heavy (non-hydrogen) atoms. The topological polar surface area (TPSA) is 38.3 Å². The Balaban J connectivity index is 1.99. The highest BCUT2D eigenvalue weighted by Crippen LogP contribution is 2.38. The van der Waals surface area contributed by atoms with Crippen molar-refractivity contribution in [3.05, 3.63) is 28.2 Å². The summed E-state index contributed by atoms with van der Waals surface area (Å²) >= 11 is 9.47. The van der Waals surface area contributed by atoms with Gasteiger partial charge < -0.3 is 10.1 Å². The van der Waals surface area contributed by atoms with Crippen LogP contribution in [0.4, 0.5) is 0 Å². The first-order valence-electron chi connectivity index (χ1n) is 6.78. The molecule has 110 valence electrons. The molecule has 3 nitrogen and oxygen atoms in total. The van der Waals surface area contributed by atoms with Crippen LogP contribution in [0.2, 0.25) is 0 Å². The second kappa shape index (κ2) is 6.81. The average Bonchev–Trinajstić information content (AvgIpc) is 2.94. The minimum Gasteiger partial charge on any atom is -0.496 e. The zero-order valence-corrected chi connectivity index (χ0v) is 13.9. The number of amides is 1. The Morgan fingerprint density at radius 2 is 2.15 bits per heavy atom. The van der Waals surface area contributed by atoms with Gasteiger partial charge in [-0.05, 0) is 47.0 Å². The molecule has 1 N–H and O–H groups in total. The molecule has 0 unspecified atom stereocenters. The number of benzene rings is 1. The molecule has 0 aliphatic heterocycles. The van der Waals surface area contributed by atoms with Crippen LogP contribution in [0, 0.1) is 5.41 Å². The minimum absolute atomic E-state index is 0.0651. The minimum atomic E-state index is -0.0651. The summed E-state index contributed by atoms with van der Waals surface area (Å²) in [7, 11) is 1.60. The molecule has 2 rings (SSSR count). The van der Waals surface area contributed by atoms with Gasteiger partial charge in [0.15, 0.2) is 0 Å². The van der Waals surface area contributed by atoms with Gasteiger partial charge >= 0.3 is 0 Å². The maximum absolute atomic E-state index is 12.2. The zero-order chi connectivity index (χ0) is 14.6. The summed E-state index contributed by atoms with van der Waals surface area (Å²) < 4.78 is 5.94. The van der Waals surface area contributed by atoms with Crippen molar-refractivity contribution in [3.8, 4) is 5.75 Å². The largest absolute Gasteiger partial charge is 0.496 e. The van der Waals surface area contributed by atoms with Crippen molar-refractivity contribution in [2.75, 3.05) is 19.5 Å². The lowest BCUT2D eigenvalue weighted by Gasteiger charge is -2.26. The van der Waals surface area contributed by atoms with Crippen LogP contribution in [0.25, 0.3) is 0 Å². The molecule has 1 aromatic rings. The van der Waals surface area contributed by atoms with Gasteiger partial charge in [-0.25, -0.2) is 0 Å². The van der Waals surface area contributed by atoms with Crippen molar-refractivity contribution >= 4 is 33.4 Å². The van der Waals surface area contributed by atoms with Gasteiger partial charge in [0.2, 0.25) is 0 Å². The van der Waals surface area contributed by atoms with Gasteiger partial charge in [-0.1, -0.05) is 12.8 Å². The van der Waals surface area contributed by atoms with E-state index in [9.17, 15) is 4.79 Å². The van der Waals surface area contributed by atoms with Crippen LogP contribution in [-0.2, 0) is 0 Å². The van der Waals surface area contributed by atoms with Crippen LogP contribution >= 0.6 is 27.5 Å². The monoisotopic (exact) mass is 359 g/mol. The molecule has 0 bridgehead atoms. The Hall–Kier alpha value is -0.740. The number of methoxy groups -OCH3 is 1. The van der Waals surface area contributed by atoms with Crippen LogP contribution < -0.4 is 10.1 Å². The predicted octanol–water partition coefficient (Wildman–Crippen LogP) is 3.99. The lowest BCUT2D eigenvalue weighted by molar-refractivity contribution is 0.0935. The number of nitrogens with one attached hydrogen (secondary N) is 1. The number of halogens is 2. The number of hydrogen-bond acceptors (Lipinski definition) is 2. The second-order valence-corrected chi connectivity index (χ2v) is 6.49. The predicted molar refractivity (Wildman–Crippen MR) is 84.6 cm³/mol. The van der Waals surface area contributed by atoms with Gasteiger partial charge in [-0.15, -0.1) is 11.6 Å². The molecule has 1 aliphatic carbocycles. The van der Waals surface area contributed by atoms with Gasteiger partial charge in [-0.2, -0.15) is 0 Å². The van der Waals surface area contributed by atoms with Gasteiger partial charge in [0.05, 0.1) is 11.6 Å². The molecule has 0 heterocycles. The van der Waals surface area contributed by atoms with Crippen LogP contribution in [-0.4, -0.2) is 25.4 Å². The van der Waals surface area contributed by atoms with E-state index >= 15 is 0 Å². The molecular weight excluding hydrogens is 342 g/mol. The first-order valence-corrected chi connectivity index (χ1v) is 8.11. The van der Waals surface area contributed by atoms with Crippen LogP contribution in [0.15, 0.2) is 22.7 Å². The van der Waals surface area contributed by atoms with Gasteiger partial charge in [0, 0.05) is 23.4 Å². The van der Waals surface area contributed by atoms with E-state index in [2.05, 4.69) is 21.2 Å². The fraction of sp³-hybridized carbons (Fsp3) is 0.533. The molecule has 0 saturated heterocycles. The number of carbonyl (C=O) groups is 1. The molecule has 0 atom stereocenters. The molecule has 0 aromatic heterocycles. The molecule has 5 heteroatoms.